The molecule has 1 atom stereocenters. The molecule has 2 aliphatic heterocycles. The minimum Gasteiger partial charge on any atom is -0.439 e. The number of fused-ring (bicyclic) bond motifs is 1. The number of piperidine rings is 1. The van der Waals surface area contributed by atoms with Crippen LogP contribution in [0.5, 0.6) is 0 Å². The Labute approximate surface area is 150 Å². The molecule has 0 radical (unpaired) electrons. The van der Waals surface area contributed by atoms with Crippen molar-refractivity contribution in [3.63, 3.8) is 0 Å². The van der Waals surface area contributed by atoms with Crippen LogP contribution in [0, 0.1) is 6.92 Å². The van der Waals surface area contributed by atoms with Gasteiger partial charge < -0.3 is 19.5 Å². The third kappa shape index (κ3) is 2.55. The first kappa shape index (κ1) is 16.6. The second kappa shape index (κ2) is 5.86. The van der Waals surface area contributed by atoms with Gasteiger partial charge in [0.1, 0.15) is 11.2 Å². The maximum absolute atomic E-state index is 13.0. The maximum atomic E-state index is 13.0. The lowest BCUT2D eigenvalue weighted by molar-refractivity contribution is -0.00526. The molecular formula is C19H21N3O4. The average Bonchev–Trinajstić information content (AvgIpc) is 2.88. The first-order valence-corrected chi connectivity index (χ1v) is 8.75. The van der Waals surface area contributed by atoms with Crippen molar-refractivity contribution in [2.75, 3.05) is 26.7 Å². The molecule has 2 aliphatic rings. The summed E-state index contributed by atoms with van der Waals surface area (Å²) in [5.41, 5.74) is 0.886. The fourth-order valence-electron chi connectivity index (χ4n) is 4.01. The number of likely N-dealkylation sites (N-methyl/N-ethyl adjacent to an activating group) is 1. The van der Waals surface area contributed by atoms with Crippen LogP contribution in [0.2, 0.25) is 0 Å². The van der Waals surface area contributed by atoms with Crippen LogP contribution >= 0.6 is 0 Å². The van der Waals surface area contributed by atoms with E-state index in [4.69, 9.17) is 4.74 Å². The second-order valence-corrected chi connectivity index (χ2v) is 7.27. The van der Waals surface area contributed by atoms with Gasteiger partial charge in [-0.3, -0.25) is 9.59 Å². The van der Waals surface area contributed by atoms with Crippen molar-refractivity contribution >= 4 is 22.9 Å². The number of aromatic amines is 1. The number of amides is 2. The van der Waals surface area contributed by atoms with Gasteiger partial charge in [0, 0.05) is 25.2 Å². The largest absolute Gasteiger partial charge is 0.439 e. The number of carbonyl (C=O) groups is 2. The van der Waals surface area contributed by atoms with Crippen molar-refractivity contribution in [1.29, 1.82) is 0 Å². The number of pyridine rings is 1. The highest BCUT2D eigenvalue weighted by atomic mass is 16.6. The molecule has 1 spiro atoms. The van der Waals surface area contributed by atoms with Gasteiger partial charge in [-0.25, -0.2) is 4.79 Å². The molecule has 4 rings (SSSR count). The minimum absolute atomic E-state index is 0.123. The molecule has 1 aromatic heterocycles. The summed E-state index contributed by atoms with van der Waals surface area (Å²) in [5, 5.41) is 0.509. The van der Waals surface area contributed by atoms with E-state index in [1.54, 1.807) is 18.0 Å². The van der Waals surface area contributed by atoms with E-state index in [-0.39, 0.29) is 23.0 Å². The van der Waals surface area contributed by atoms with E-state index >= 15 is 0 Å². The quantitative estimate of drug-likeness (QED) is 0.847. The molecule has 2 aromatic rings. The number of nitrogens with one attached hydrogen (secondary N) is 1. The molecule has 0 bridgehead atoms. The van der Waals surface area contributed by atoms with Crippen LogP contribution in [-0.4, -0.2) is 59.1 Å². The van der Waals surface area contributed by atoms with Crippen molar-refractivity contribution in [3.05, 3.63) is 45.7 Å². The number of hydrogen-bond donors (Lipinski definition) is 1. The van der Waals surface area contributed by atoms with Crippen LogP contribution < -0.4 is 5.43 Å². The summed E-state index contributed by atoms with van der Waals surface area (Å²) in [5.74, 6) is -0.320. The van der Waals surface area contributed by atoms with E-state index in [2.05, 4.69) is 4.98 Å². The summed E-state index contributed by atoms with van der Waals surface area (Å²) in [6, 6.07) is 5.45. The van der Waals surface area contributed by atoms with E-state index in [1.807, 2.05) is 19.1 Å². The lowest BCUT2D eigenvalue weighted by Crippen LogP contribution is -2.52. The number of rotatable bonds is 1. The highest BCUT2D eigenvalue weighted by Crippen LogP contribution is 2.31. The molecule has 0 unspecified atom stereocenters. The number of benzene rings is 1. The molecule has 2 amide bonds. The van der Waals surface area contributed by atoms with E-state index in [9.17, 15) is 14.4 Å². The topological polar surface area (TPSA) is 82.7 Å². The van der Waals surface area contributed by atoms with Crippen LogP contribution in [0.1, 0.15) is 28.8 Å². The molecule has 0 aliphatic carbocycles. The van der Waals surface area contributed by atoms with E-state index < -0.39 is 5.60 Å². The number of ether oxygens (including phenoxy) is 1. The molecule has 2 fully saturated rings. The zero-order valence-electron chi connectivity index (χ0n) is 14.9. The summed E-state index contributed by atoms with van der Waals surface area (Å²) >= 11 is 0. The predicted molar refractivity (Wildman–Crippen MR) is 96.3 cm³/mol. The van der Waals surface area contributed by atoms with Gasteiger partial charge in [0.15, 0.2) is 0 Å². The Morgan fingerprint density at radius 2 is 2.08 bits per heavy atom. The molecule has 3 heterocycles. The van der Waals surface area contributed by atoms with Gasteiger partial charge in [-0.05, 0) is 31.4 Å². The summed E-state index contributed by atoms with van der Waals surface area (Å²) in [7, 11) is 1.69. The Hall–Kier alpha value is -2.83. The molecular weight excluding hydrogens is 334 g/mol. The van der Waals surface area contributed by atoms with Gasteiger partial charge in [-0.15, -0.1) is 0 Å². The van der Waals surface area contributed by atoms with E-state index in [1.165, 1.54) is 11.1 Å². The van der Waals surface area contributed by atoms with Crippen LogP contribution in [0.4, 0.5) is 4.79 Å². The Bertz CT molecular complexity index is 967. The Kier molecular flexibility index (Phi) is 3.75. The van der Waals surface area contributed by atoms with Crippen LogP contribution in [0.25, 0.3) is 10.9 Å². The molecule has 136 valence electrons. The second-order valence-electron chi connectivity index (χ2n) is 7.27. The van der Waals surface area contributed by atoms with Crippen molar-refractivity contribution in [1.82, 2.24) is 14.8 Å². The van der Waals surface area contributed by atoms with Crippen LogP contribution in [0.15, 0.2) is 29.2 Å². The third-order valence-corrected chi connectivity index (χ3v) is 5.32. The van der Waals surface area contributed by atoms with Crippen LogP contribution in [-0.2, 0) is 4.74 Å². The van der Waals surface area contributed by atoms with Gasteiger partial charge in [-0.1, -0.05) is 12.1 Å². The predicted octanol–water partition coefficient (Wildman–Crippen LogP) is 1.89. The summed E-state index contributed by atoms with van der Waals surface area (Å²) < 4.78 is 5.54. The monoisotopic (exact) mass is 355 g/mol. The number of H-pyrrole nitrogens is 1. The first-order valence-electron chi connectivity index (χ1n) is 8.75. The molecule has 1 aromatic carbocycles. The standard InChI is InChI=1S/C19H21N3O4/c1-12-5-3-6-13-15(12)20-9-14(16(13)23)17(24)22-8-4-7-19(11-22)10-21(2)18(25)26-19/h3,5-6,9H,4,7-8,10-11H2,1-2H3,(H,20,23)/t19-/m0/s1. The van der Waals surface area contributed by atoms with Crippen molar-refractivity contribution in [3.8, 4) is 0 Å². The summed E-state index contributed by atoms with van der Waals surface area (Å²) in [6.07, 6.45) is 2.59. The van der Waals surface area contributed by atoms with Crippen molar-refractivity contribution < 1.29 is 14.3 Å². The first-order chi connectivity index (χ1) is 12.4. The maximum Gasteiger partial charge on any atom is 0.410 e. The number of nitrogens with zero attached hydrogens (tertiary/aromatic N) is 2. The number of likely N-dealkylation sites (tertiary alicyclic amines) is 1. The SMILES string of the molecule is Cc1cccc2c(=O)c(C(=O)N3CCC[C@]4(CN(C)C(=O)O4)C3)c[nH]c12. The van der Waals surface area contributed by atoms with Gasteiger partial charge in [0.25, 0.3) is 5.91 Å². The highest BCUT2D eigenvalue weighted by molar-refractivity contribution is 5.97. The Morgan fingerprint density at radius 3 is 2.81 bits per heavy atom. The lowest BCUT2D eigenvalue weighted by Gasteiger charge is -2.38. The summed E-state index contributed by atoms with van der Waals surface area (Å²) in [6.45, 7) is 3.24. The number of hydrogen-bond acceptors (Lipinski definition) is 4. The van der Waals surface area contributed by atoms with E-state index in [0.717, 1.165) is 23.9 Å². The van der Waals surface area contributed by atoms with Gasteiger partial charge >= 0.3 is 6.09 Å². The number of para-hydroxylation sites is 1. The van der Waals surface area contributed by atoms with Gasteiger partial charge in [-0.2, -0.15) is 0 Å². The molecule has 7 nitrogen and oxygen atoms in total. The van der Waals surface area contributed by atoms with E-state index in [0.29, 0.717) is 25.0 Å². The molecule has 2 saturated heterocycles. The smallest absolute Gasteiger partial charge is 0.410 e. The molecule has 7 heteroatoms. The highest BCUT2D eigenvalue weighted by Gasteiger charge is 2.47. The Balaban J connectivity index is 1.66. The molecule has 1 N–H and O–H groups in total. The Morgan fingerprint density at radius 1 is 1.27 bits per heavy atom. The zero-order valence-corrected chi connectivity index (χ0v) is 14.9. The number of aryl methyl sites for hydroxylation is 1. The third-order valence-electron chi connectivity index (χ3n) is 5.32. The molecule has 26 heavy (non-hydrogen) atoms. The van der Waals surface area contributed by atoms with Crippen LogP contribution in [0.3, 0.4) is 0 Å². The van der Waals surface area contributed by atoms with Gasteiger partial charge in [0.2, 0.25) is 5.43 Å². The average molecular weight is 355 g/mol. The molecule has 0 saturated carbocycles. The fraction of sp³-hybridized carbons (Fsp3) is 0.421. The lowest BCUT2D eigenvalue weighted by atomic mass is 9.92. The van der Waals surface area contributed by atoms with Gasteiger partial charge in [0.05, 0.1) is 18.6 Å². The fourth-order valence-corrected chi connectivity index (χ4v) is 4.01. The minimum atomic E-state index is -0.667. The van der Waals surface area contributed by atoms with Crippen molar-refractivity contribution in [2.45, 2.75) is 25.4 Å². The van der Waals surface area contributed by atoms with Crippen molar-refractivity contribution in [2.24, 2.45) is 0 Å². The number of aromatic nitrogens is 1. The normalized spacial score (nSPS) is 22.9. The zero-order chi connectivity index (χ0) is 18.5. The number of carbonyl (C=O) groups excluding carboxylic acids is 2. The summed E-state index contributed by atoms with van der Waals surface area (Å²) in [4.78, 5) is 43.8.